The number of nitrogens with zero attached hydrogens (tertiary/aromatic N) is 1. The number of amidine groups is 1. The van der Waals surface area contributed by atoms with Gasteiger partial charge in [0, 0.05) is 22.9 Å². The van der Waals surface area contributed by atoms with Gasteiger partial charge in [-0.2, -0.15) is 0 Å². The molecule has 7 heteroatoms. The second-order valence-electron chi connectivity index (χ2n) is 4.26. The number of phenolic OH excluding ortho intramolecular Hbond substituents is 2. The Morgan fingerprint density at radius 3 is 2.33 bits per heavy atom. The summed E-state index contributed by atoms with van der Waals surface area (Å²) in [6.45, 7) is 0. The number of nitrogens with one attached hydrogen (secondary N) is 1. The van der Waals surface area contributed by atoms with Gasteiger partial charge in [0.1, 0.15) is 11.5 Å². The van der Waals surface area contributed by atoms with E-state index in [0.717, 1.165) is 6.07 Å². The first kappa shape index (κ1) is 14.2. The van der Waals surface area contributed by atoms with Gasteiger partial charge in [-0.15, -0.1) is 0 Å². The number of oxime groups is 1. The molecule has 0 heterocycles. The maximum atomic E-state index is 12.0. The van der Waals surface area contributed by atoms with E-state index in [2.05, 4.69) is 10.5 Å². The van der Waals surface area contributed by atoms with Crippen LogP contribution < -0.4 is 11.1 Å². The standard InChI is InChI=1S/C14H13N3O4/c15-13(17-21)8-2-1-3-10(4-8)16-14(20)9-5-11(18)7-12(19)6-9/h1-7,18-19,21H,(H2,15,17)(H,16,20). The van der Waals surface area contributed by atoms with E-state index >= 15 is 0 Å². The third-order valence-corrected chi connectivity index (χ3v) is 2.69. The van der Waals surface area contributed by atoms with E-state index in [-0.39, 0.29) is 22.9 Å². The first-order chi connectivity index (χ1) is 9.99. The van der Waals surface area contributed by atoms with Crippen molar-refractivity contribution in [2.75, 3.05) is 5.32 Å². The minimum atomic E-state index is -0.516. The third kappa shape index (κ3) is 3.41. The molecule has 0 aliphatic heterocycles. The molecule has 2 aromatic carbocycles. The Bertz CT molecular complexity index is 693. The van der Waals surface area contributed by atoms with E-state index in [4.69, 9.17) is 10.9 Å². The normalized spacial score (nSPS) is 11.1. The SMILES string of the molecule is N/C(=N/O)c1cccc(NC(=O)c2cc(O)cc(O)c2)c1. The molecule has 0 atom stereocenters. The van der Waals surface area contributed by atoms with Crippen LogP contribution >= 0.6 is 0 Å². The lowest BCUT2D eigenvalue weighted by atomic mass is 10.1. The van der Waals surface area contributed by atoms with Gasteiger partial charge in [0.15, 0.2) is 5.84 Å². The Kier molecular flexibility index (Phi) is 3.94. The number of amides is 1. The van der Waals surface area contributed by atoms with Crippen molar-refractivity contribution in [3.8, 4) is 11.5 Å². The quantitative estimate of drug-likeness (QED) is 0.252. The van der Waals surface area contributed by atoms with E-state index in [1.165, 1.54) is 18.2 Å². The topological polar surface area (TPSA) is 128 Å². The summed E-state index contributed by atoms with van der Waals surface area (Å²) in [5.41, 5.74) is 6.43. The maximum absolute atomic E-state index is 12.0. The maximum Gasteiger partial charge on any atom is 0.255 e. The van der Waals surface area contributed by atoms with Crippen molar-refractivity contribution in [2.45, 2.75) is 0 Å². The highest BCUT2D eigenvalue weighted by Gasteiger charge is 2.10. The molecule has 0 fully saturated rings. The molecule has 2 rings (SSSR count). The van der Waals surface area contributed by atoms with Gasteiger partial charge in [0.25, 0.3) is 5.91 Å². The summed E-state index contributed by atoms with van der Waals surface area (Å²) < 4.78 is 0. The molecule has 0 radical (unpaired) electrons. The van der Waals surface area contributed by atoms with Gasteiger partial charge in [-0.05, 0) is 24.3 Å². The summed E-state index contributed by atoms with van der Waals surface area (Å²) in [7, 11) is 0. The van der Waals surface area contributed by atoms with Crippen LogP contribution in [0.5, 0.6) is 11.5 Å². The van der Waals surface area contributed by atoms with Crippen molar-refractivity contribution in [3.63, 3.8) is 0 Å². The zero-order chi connectivity index (χ0) is 15.4. The highest BCUT2D eigenvalue weighted by molar-refractivity contribution is 6.05. The number of anilines is 1. The zero-order valence-electron chi connectivity index (χ0n) is 10.8. The highest BCUT2D eigenvalue weighted by Crippen LogP contribution is 2.21. The lowest BCUT2D eigenvalue weighted by molar-refractivity contribution is 0.102. The number of phenols is 2. The van der Waals surface area contributed by atoms with Crippen LogP contribution in [-0.2, 0) is 0 Å². The van der Waals surface area contributed by atoms with Gasteiger partial charge in [0.05, 0.1) is 0 Å². The second kappa shape index (κ2) is 5.83. The number of carbonyl (C=O) groups excluding carboxylic acids is 1. The number of hydrogen-bond acceptors (Lipinski definition) is 5. The lowest BCUT2D eigenvalue weighted by Gasteiger charge is -2.07. The first-order valence-electron chi connectivity index (χ1n) is 5.92. The fourth-order valence-electron chi connectivity index (χ4n) is 1.74. The van der Waals surface area contributed by atoms with E-state index in [1.54, 1.807) is 18.2 Å². The van der Waals surface area contributed by atoms with Crippen molar-refractivity contribution < 1.29 is 20.2 Å². The van der Waals surface area contributed by atoms with Crippen molar-refractivity contribution in [1.29, 1.82) is 0 Å². The average Bonchev–Trinajstić information content (AvgIpc) is 2.45. The second-order valence-corrected chi connectivity index (χ2v) is 4.26. The summed E-state index contributed by atoms with van der Waals surface area (Å²) in [6.07, 6.45) is 0. The van der Waals surface area contributed by atoms with E-state index in [1.807, 2.05) is 0 Å². The van der Waals surface area contributed by atoms with Gasteiger partial charge in [-0.3, -0.25) is 4.79 Å². The van der Waals surface area contributed by atoms with E-state index in [9.17, 15) is 15.0 Å². The molecule has 108 valence electrons. The Balaban J connectivity index is 2.23. The fraction of sp³-hybridized carbons (Fsp3) is 0. The largest absolute Gasteiger partial charge is 0.508 e. The first-order valence-corrected chi connectivity index (χ1v) is 5.92. The zero-order valence-corrected chi connectivity index (χ0v) is 10.8. The Hall–Kier alpha value is -3.22. The fourth-order valence-corrected chi connectivity index (χ4v) is 1.74. The highest BCUT2D eigenvalue weighted by atomic mass is 16.4. The summed E-state index contributed by atoms with van der Waals surface area (Å²) in [5, 5.41) is 32.8. The van der Waals surface area contributed by atoms with Crippen LogP contribution in [0, 0.1) is 0 Å². The Labute approximate surface area is 120 Å². The minimum Gasteiger partial charge on any atom is -0.508 e. The number of carbonyl (C=O) groups is 1. The molecule has 21 heavy (non-hydrogen) atoms. The van der Waals surface area contributed by atoms with Crippen LogP contribution in [0.2, 0.25) is 0 Å². The molecule has 0 bridgehead atoms. The van der Waals surface area contributed by atoms with Gasteiger partial charge in [-0.25, -0.2) is 0 Å². The van der Waals surface area contributed by atoms with Gasteiger partial charge in [-0.1, -0.05) is 17.3 Å². The van der Waals surface area contributed by atoms with Crippen molar-refractivity contribution in [1.82, 2.24) is 0 Å². The molecule has 0 spiro atoms. The number of benzene rings is 2. The monoisotopic (exact) mass is 287 g/mol. The number of nitrogens with two attached hydrogens (primary N) is 1. The van der Waals surface area contributed by atoms with Crippen molar-refractivity contribution in [3.05, 3.63) is 53.6 Å². The van der Waals surface area contributed by atoms with Crippen LogP contribution in [0.3, 0.4) is 0 Å². The van der Waals surface area contributed by atoms with Crippen LogP contribution in [0.4, 0.5) is 5.69 Å². The summed E-state index contributed by atoms with van der Waals surface area (Å²) >= 11 is 0. The lowest BCUT2D eigenvalue weighted by Crippen LogP contribution is -2.15. The van der Waals surface area contributed by atoms with Crippen LogP contribution in [0.25, 0.3) is 0 Å². The minimum absolute atomic E-state index is 0.0823. The molecule has 1 amide bonds. The number of aromatic hydroxyl groups is 2. The van der Waals surface area contributed by atoms with Crippen LogP contribution in [0.15, 0.2) is 47.6 Å². The number of hydrogen-bond donors (Lipinski definition) is 5. The number of rotatable bonds is 3. The van der Waals surface area contributed by atoms with Gasteiger partial charge < -0.3 is 26.5 Å². The molecule has 0 aliphatic carbocycles. The van der Waals surface area contributed by atoms with Crippen LogP contribution in [0.1, 0.15) is 15.9 Å². The summed E-state index contributed by atoms with van der Waals surface area (Å²) in [4.78, 5) is 12.0. The molecule has 7 nitrogen and oxygen atoms in total. The average molecular weight is 287 g/mol. The smallest absolute Gasteiger partial charge is 0.255 e. The Morgan fingerprint density at radius 1 is 1.05 bits per heavy atom. The van der Waals surface area contributed by atoms with Gasteiger partial charge >= 0.3 is 0 Å². The van der Waals surface area contributed by atoms with Gasteiger partial charge in [0.2, 0.25) is 0 Å². The predicted molar refractivity (Wildman–Crippen MR) is 76.7 cm³/mol. The Morgan fingerprint density at radius 2 is 1.71 bits per heavy atom. The molecular formula is C14H13N3O4. The summed E-state index contributed by atoms with van der Waals surface area (Å²) in [6, 6.07) is 9.96. The summed E-state index contributed by atoms with van der Waals surface area (Å²) in [5.74, 6) is -1.03. The van der Waals surface area contributed by atoms with Crippen molar-refractivity contribution in [2.24, 2.45) is 10.9 Å². The van der Waals surface area contributed by atoms with Crippen LogP contribution in [-0.4, -0.2) is 27.2 Å². The van der Waals surface area contributed by atoms with E-state index < -0.39 is 5.91 Å². The molecular weight excluding hydrogens is 274 g/mol. The van der Waals surface area contributed by atoms with Crippen molar-refractivity contribution >= 4 is 17.4 Å². The molecule has 0 saturated heterocycles. The molecule has 0 aromatic heterocycles. The molecule has 2 aromatic rings. The molecule has 6 N–H and O–H groups in total. The molecule has 0 saturated carbocycles. The molecule has 0 unspecified atom stereocenters. The molecule has 0 aliphatic rings. The predicted octanol–water partition coefficient (Wildman–Crippen LogP) is 1.44. The third-order valence-electron chi connectivity index (χ3n) is 2.69. The van der Waals surface area contributed by atoms with E-state index in [0.29, 0.717) is 11.3 Å².